The third kappa shape index (κ3) is 7.61. The van der Waals surface area contributed by atoms with Crippen molar-refractivity contribution >= 4 is 23.7 Å². The maximum Gasteiger partial charge on any atom is 0.410 e. The van der Waals surface area contributed by atoms with E-state index in [1.165, 1.54) is 20.0 Å². The number of nitrogens with zero attached hydrogens (tertiary/aromatic N) is 3. The number of urea groups is 1. The number of hydrogen-bond acceptors (Lipinski definition) is 7. The first-order valence-electron chi connectivity index (χ1n) is 17.3. The summed E-state index contributed by atoms with van der Waals surface area (Å²) in [5, 5.41) is 16.9. The number of ether oxygens (including phenoxy) is 2. The predicted octanol–water partition coefficient (Wildman–Crippen LogP) is 4.55. The Hall–Kier alpha value is -3.99. The number of benzene rings is 2. The van der Waals surface area contributed by atoms with Crippen molar-refractivity contribution in [1.29, 1.82) is 0 Å². The standard InChI is InChI=1S/C36H49N5O6/c1-24-21-25(22-31(46-2)33(24)42)23-32(34(43)39-16-9-27(10-17-39)26-7-14-37-15-8-26)47-36(45)40-18-12-29(13-19-40)41-20-11-28-5-3-4-6-30(28)38-35(41)44/h3-6,21-22,26-27,29,32,37,42H,7-20,23H2,1-2H3,(H,38,44)/t32-/m1/s1. The Balaban J connectivity index is 1.10. The Morgan fingerprint density at radius 2 is 1.62 bits per heavy atom. The van der Waals surface area contributed by atoms with Gasteiger partial charge in [-0.1, -0.05) is 24.3 Å². The molecule has 0 radical (unpaired) electrons. The van der Waals surface area contributed by atoms with E-state index in [2.05, 4.69) is 10.6 Å². The van der Waals surface area contributed by atoms with Crippen LogP contribution in [0.3, 0.4) is 0 Å². The molecule has 4 amide bonds. The summed E-state index contributed by atoms with van der Waals surface area (Å²) in [5.74, 6) is 1.52. The lowest BCUT2D eigenvalue weighted by Crippen LogP contribution is -2.52. The van der Waals surface area contributed by atoms with Crippen LogP contribution in [0, 0.1) is 18.8 Å². The van der Waals surface area contributed by atoms with E-state index < -0.39 is 12.2 Å². The molecule has 11 heteroatoms. The first-order chi connectivity index (χ1) is 22.8. The number of methoxy groups -OCH3 is 1. The van der Waals surface area contributed by atoms with Gasteiger partial charge in [0, 0.05) is 50.9 Å². The van der Waals surface area contributed by atoms with Crippen LogP contribution in [-0.2, 0) is 22.4 Å². The maximum absolute atomic E-state index is 14.0. The highest BCUT2D eigenvalue weighted by molar-refractivity contribution is 5.91. The summed E-state index contributed by atoms with van der Waals surface area (Å²) < 4.78 is 11.4. The first kappa shape index (κ1) is 32.9. The van der Waals surface area contributed by atoms with Gasteiger partial charge in [0.05, 0.1) is 7.11 Å². The Bertz CT molecular complexity index is 1430. The van der Waals surface area contributed by atoms with Gasteiger partial charge in [-0.25, -0.2) is 9.59 Å². The van der Waals surface area contributed by atoms with Gasteiger partial charge in [0.25, 0.3) is 5.91 Å². The predicted molar refractivity (Wildman–Crippen MR) is 179 cm³/mol. The van der Waals surface area contributed by atoms with Crippen LogP contribution < -0.4 is 15.4 Å². The molecule has 0 aliphatic carbocycles. The summed E-state index contributed by atoms with van der Waals surface area (Å²) in [6.45, 7) is 6.73. The topological polar surface area (TPSA) is 124 Å². The molecule has 3 saturated heterocycles. The molecule has 4 aliphatic rings. The fraction of sp³-hybridized carbons (Fsp3) is 0.583. The monoisotopic (exact) mass is 647 g/mol. The second kappa shape index (κ2) is 14.8. The number of aryl methyl sites for hydroxylation is 1. The summed E-state index contributed by atoms with van der Waals surface area (Å²) in [5.41, 5.74) is 3.35. The minimum absolute atomic E-state index is 0.0134. The maximum atomic E-state index is 14.0. The fourth-order valence-corrected chi connectivity index (χ4v) is 7.89. The van der Waals surface area contributed by atoms with Gasteiger partial charge in [0.1, 0.15) is 0 Å². The number of aromatic hydroxyl groups is 1. The molecule has 0 aromatic heterocycles. The molecule has 4 heterocycles. The van der Waals surface area contributed by atoms with Crippen LogP contribution in [0.1, 0.15) is 55.2 Å². The zero-order chi connectivity index (χ0) is 32.9. The SMILES string of the molecule is COc1cc(C[C@@H](OC(=O)N2CCC(N3CCc4ccccc4NC3=O)CC2)C(=O)N2CCC(C3CCNCC3)CC2)cc(C)c1O. The van der Waals surface area contributed by atoms with E-state index in [-0.39, 0.29) is 30.2 Å². The summed E-state index contributed by atoms with van der Waals surface area (Å²) in [7, 11) is 1.49. The number of amides is 4. The van der Waals surface area contributed by atoms with Crippen molar-refractivity contribution in [3.63, 3.8) is 0 Å². The minimum atomic E-state index is -1.00. The van der Waals surface area contributed by atoms with Crippen LogP contribution in [0.2, 0.25) is 0 Å². The van der Waals surface area contributed by atoms with Crippen LogP contribution in [0.25, 0.3) is 0 Å². The number of para-hydroxylation sites is 1. The average Bonchev–Trinajstić information content (AvgIpc) is 3.27. The quantitative estimate of drug-likeness (QED) is 0.403. The molecule has 3 fully saturated rings. The number of carbonyl (C=O) groups excluding carboxylic acids is 3. The number of hydrogen-bond donors (Lipinski definition) is 3. The molecule has 3 N–H and O–H groups in total. The first-order valence-corrected chi connectivity index (χ1v) is 17.3. The molecule has 2 aromatic carbocycles. The zero-order valence-electron chi connectivity index (χ0n) is 27.7. The second-order valence-electron chi connectivity index (χ2n) is 13.5. The van der Waals surface area contributed by atoms with E-state index in [0.29, 0.717) is 68.7 Å². The summed E-state index contributed by atoms with van der Waals surface area (Å²) in [6.07, 6.45) is 5.02. The van der Waals surface area contributed by atoms with E-state index in [9.17, 15) is 19.5 Å². The molecule has 2 aromatic rings. The molecule has 0 spiro atoms. The summed E-state index contributed by atoms with van der Waals surface area (Å²) in [4.78, 5) is 46.1. The smallest absolute Gasteiger partial charge is 0.410 e. The van der Waals surface area contributed by atoms with Gasteiger partial charge in [-0.3, -0.25) is 4.79 Å². The number of likely N-dealkylation sites (tertiary alicyclic amines) is 2. The lowest BCUT2D eigenvalue weighted by atomic mass is 9.79. The zero-order valence-corrected chi connectivity index (χ0v) is 27.7. The van der Waals surface area contributed by atoms with Crippen molar-refractivity contribution in [1.82, 2.24) is 20.0 Å². The van der Waals surface area contributed by atoms with Crippen molar-refractivity contribution in [3.05, 3.63) is 53.1 Å². The van der Waals surface area contributed by atoms with Crippen molar-refractivity contribution in [3.8, 4) is 11.5 Å². The Morgan fingerprint density at radius 1 is 0.936 bits per heavy atom. The van der Waals surface area contributed by atoms with Crippen LogP contribution in [-0.4, -0.2) is 103 Å². The number of anilines is 1. The van der Waals surface area contributed by atoms with E-state index in [1.807, 2.05) is 40.1 Å². The molecule has 0 unspecified atom stereocenters. The fourth-order valence-electron chi connectivity index (χ4n) is 7.89. The molecule has 47 heavy (non-hydrogen) atoms. The van der Waals surface area contributed by atoms with Gasteiger partial charge >= 0.3 is 12.1 Å². The average molecular weight is 648 g/mol. The van der Waals surface area contributed by atoms with Gasteiger partial charge < -0.3 is 39.9 Å². The number of fused-ring (bicyclic) bond motifs is 1. The Kier molecular flexibility index (Phi) is 10.4. The number of phenolic OH excluding ortho intramolecular Hbond substituents is 1. The lowest BCUT2D eigenvalue weighted by molar-refractivity contribution is -0.142. The molecule has 4 aliphatic heterocycles. The van der Waals surface area contributed by atoms with Gasteiger partial charge in [0.15, 0.2) is 17.6 Å². The highest BCUT2D eigenvalue weighted by atomic mass is 16.6. The third-order valence-electron chi connectivity index (χ3n) is 10.7. The number of carbonyl (C=O) groups is 3. The molecule has 6 rings (SSSR count). The van der Waals surface area contributed by atoms with E-state index >= 15 is 0 Å². The number of piperidine rings is 3. The highest BCUT2D eigenvalue weighted by Crippen LogP contribution is 2.33. The molecular formula is C36H49N5O6. The van der Waals surface area contributed by atoms with Crippen molar-refractivity contribution < 1.29 is 29.0 Å². The Labute approximate surface area is 277 Å². The van der Waals surface area contributed by atoms with Crippen LogP contribution in [0.4, 0.5) is 15.3 Å². The van der Waals surface area contributed by atoms with Gasteiger partial charge in [0.2, 0.25) is 0 Å². The molecule has 0 saturated carbocycles. The molecule has 1 atom stereocenters. The van der Waals surface area contributed by atoms with Crippen LogP contribution >= 0.6 is 0 Å². The minimum Gasteiger partial charge on any atom is -0.504 e. The van der Waals surface area contributed by atoms with Crippen molar-refractivity contribution in [2.24, 2.45) is 11.8 Å². The van der Waals surface area contributed by atoms with Gasteiger partial charge in [-0.05, 0) is 106 Å². The third-order valence-corrected chi connectivity index (χ3v) is 10.7. The lowest BCUT2D eigenvalue weighted by Gasteiger charge is -2.39. The molecule has 0 bridgehead atoms. The largest absolute Gasteiger partial charge is 0.504 e. The van der Waals surface area contributed by atoms with Crippen molar-refractivity contribution in [2.45, 2.75) is 70.4 Å². The Morgan fingerprint density at radius 3 is 2.34 bits per heavy atom. The van der Waals surface area contributed by atoms with Crippen molar-refractivity contribution in [2.75, 3.05) is 58.2 Å². The number of nitrogens with one attached hydrogen (secondary N) is 2. The second-order valence-corrected chi connectivity index (χ2v) is 13.5. The van der Waals surface area contributed by atoms with E-state index in [0.717, 1.165) is 49.2 Å². The van der Waals surface area contributed by atoms with Crippen LogP contribution in [0.5, 0.6) is 11.5 Å². The summed E-state index contributed by atoms with van der Waals surface area (Å²) >= 11 is 0. The number of phenols is 1. The van der Waals surface area contributed by atoms with Crippen LogP contribution in [0.15, 0.2) is 36.4 Å². The molecular weight excluding hydrogens is 598 g/mol. The van der Waals surface area contributed by atoms with E-state index in [1.54, 1.807) is 17.9 Å². The normalized spacial score (nSPS) is 20.6. The highest BCUT2D eigenvalue weighted by Gasteiger charge is 2.36. The number of rotatable bonds is 7. The molecule has 254 valence electrons. The summed E-state index contributed by atoms with van der Waals surface area (Å²) in [6, 6.07) is 11.3. The van der Waals surface area contributed by atoms with E-state index in [4.69, 9.17) is 9.47 Å². The van der Waals surface area contributed by atoms with Gasteiger partial charge in [-0.15, -0.1) is 0 Å². The molecule has 11 nitrogen and oxygen atoms in total. The van der Waals surface area contributed by atoms with Gasteiger partial charge in [-0.2, -0.15) is 0 Å².